The summed E-state index contributed by atoms with van der Waals surface area (Å²) in [6.45, 7) is 2.43. The number of hydrogen-bond acceptors (Lipinski definition) is 5. The number of aryl methyl sites for hydroxylation is 1. The number of thiocarbonyl (C=S) groups is 1. The summed E-state index contributed by atoms with van der Waals surface area (Å²) in [4.78, 5) is 15.8. The Hall–Kier alpha value is -3.23. The molecule has 0 aliphatic carbocycles. The summed E-state index contributed by atoms with van der Waals surface area (Å²) in [5.41, 5.74) is 2.71. The number of benzene rings is 2. The van der Waals surface area contributed by atoms with Gasteiger partial charge in [0.05, 0.1) is 6.54 Å². The van der Waals surface area contributed by atoms with E-state index in [0.29, 0.717) is 33.9 Å². The number of aromatic nitrogens is 3. The molecule has 0 spiro atoms. The Bertz CT molecular complexity index is 1250. The van der Waals surface area contributed by atoms with Gasteiger partial charge in [0.2, 0.25) is 5.95 Å². The first kappa shape index (κ1) is 19.1. The van der Waals surface area contributed by atoms with Gasteiger partial charge in [-0.1, -0.05) is 23.7 Å². The molecule has 0 atom stereocenters. The second-order valence-electron chi connectivity index (χ2n) is 6.43. The molecule has 0 radical (unpaired) electrons. The van der Waals surface area contributed by atoms with Gasteiger partial charge in [-0.2, -0.15) is 0 Å². The molecule has 0 aliphatic rings. The number of rotatable bonds is 4. The molecule has 2 aromatic heterocycles. The molecule has 0 amide bonds. The average Bonchev–Trinajstić information content (AvgIpc) is 3.09. The molecule has 4 aromatic rings. The first-order chi connectivity index (χ1) is 14.0. The molecular formula is C20H16ClN5O2S. The van der Waals surface area contributed by atoms with Crippen molar-refractivity contribution in [3.8, 4) is 0 Å². The molecule has 0 saturated heterocycles. The monoisotopic (exact) mass is 425 g/mol. The molecule has 0 aliphatic heterocycles. The summed E-state index contributed by atoms with van der Waals surface area (Å²) in [6, 6.07) is 14.5. The van der Waals surface area contributed by atoms with Gasteiger partial charge in [-0.3, -0.25) is 5.32 Å². The van der Waals surface area contributed by atoms with Crippen LogP contribution in [0.1, 0.15) is 11.1 Å². The Morgan fingerprint density at radius 1 is 1.17 bits per heavy atom. The maximum atomic E-state index is 11.6. The Labute approximate surface area is 176 Å². The lowest BCUT2D eigenvalue weighted by Gasteiger charge is -2.09. The Kier molecular flexibility index (Phi) is 5.28. The minimum atomic E-state index is -0.386. The van der Waals surface area contributed by atoms with Crippen LogP contribution < -0.4 is 16.3 Å². The van der Waals surface area contributed by atoms with Crippen LogP contribution in [0.25, 0.3) is 11.0 Å². The van der Waals surface area contributed by atoms with Gasteiger partial charge in [-0.25, -0.2) is 14.5 Å². The van der Waals surface area contributed by atoms with Crippen LogP contribution >= 0.6 is 23.8 Å². The normalized spacial score (nSPS) is 10.8. The Morgan fingerprint density at radius 2 is 1.97 bits per heavy atom. The van der Waals surface area contributed by atoms with E-state index >= 15 is 0 Å². The highest BCUT2D eigenvalue weighted by atomic mass is 35.5. The summed E-state index contributed by atoms with van der Waals surface area (Å²) in [5, 5.41) is 12.2. The molecule has 0 saturated carbocycles. The van der Waals surface area contributed by atoms with E-state index in [2.05, 4.69) is 20.7 Å². The lowest BCUT2D eigenvalue weighted by atomic mass is 10.1. The predicted octanol–water partition coefficient (Wildman–Crippen LogP) is 4.20. The maximum Gasteiger partial charge on any atom is 0.336 e. The molecule has 0 unspecified atom stereocenters. The van der Waals surface area contributed by atoms with Crippen LogP contribution in [0.5, 0.6) is 0 Å². The summed E-state index contributed by atoms with van der Waals surface area (Å²) in [7, 11) is 0. The quantitative estimate of drug-likeness (QED) is 0.374. The number of nitrogens with zero attached hydrogens (tertiary/aromatic N) is 3. The van der Waals surface area contributed by atoms with E-state index < -0.39 is 0 Å². The fourth-order valence-electron chi connectivity index (χ4n) is 2.87. The standard InChI is InChI=1S/C20H16ClN5O2S/c1-12-8-18(27)28-17-9-15(6-7-16(12)17)23-20(29)24-19-22-11-26(25-19)10-13-2-4-14(21)5-3-13/h2-9,11H,10H2,1H3,(H2,23,24,25,29). The predicted molar refractivity (Wildman–Crippen MR) is 118 cm³/mol. The number of nitrogens with one attached hydrogen (secondary N) is 2. The van der Waals surface area contributed by atoms with Crippen molar-refractivity contribution < 1.29 is 4.42 Å². The van der Waals surface area contributed by atoms with Crippen molar-refractivity contribution in [2.24, 2.45) is 0 Å². The lowest BCUT2D eigenvalue weighted by Crippen LogP contribution is -2.20. The maximum absolute atomic E-state index is 11.6. The van der Waals surface area contributed by atoms with Crippen molar-refractivity contribution in [3.05, 3.63) is 81.4 Å². The second-order valence-corrected chi connectivity index (χ2v) is 7.28. The fourth-order valence-corrected chi connectivity index (χ4v) is 3.21. The van der Waals surface area contributed by atoms with Gasteiger partial charge < -0.3 is 9.73 Å². The van der Waals surface area contributed by atoms with Crippen molar-refractivity contribution in [2.45, 2.75) is 13.5 Å². The Balaban J connectivity index is 1.42. The molecule has 29 heavy (non-hydrogen) atoms. The summed E-state index contributed by atoms with van der Waals surface area (Å²) in [5.74, 6) is 0.375. The molecule has 0 bridgehead atoms. The van der Waals surface area contributed by atoms with Crippen LogP contribution in [0.15, 0.2) is 64.1 Å². The highest BCUT2D eigenvalue weighted by molar-refractivity contribution is 7.80. The third-order valence-electron chi connectivity index (χ3n) is 4.23. The van der Waals surface area contributed by atoms with Crippen LogP contribution in [0.2, 0.25) is 5.02 Å². The minimum Gasteiger partial charge on any atom is -0.423 e. The second kappa shape index (κ2) is 8.02. The minimum absolute atomic E-state index is 0.323. The molecule has 146 valence electrons. The summed E-state index contributed by atoms with van der Waals surface area (Å²) < 4.78 is 6.95. The number of hydrogen-bond donors (Lipinski definition) is 2. The zero-order valence-corrected chi connectivity index (χ0v) is 16.9. The van der Waals surface area contributed by atoms with Gasteiger partial charge in [0.1, 0.15) is 11.9 Å². The van der Waals surface area contributed by atoms with Crippen molar-refractivity contribution in [3.63, 3.8) is 0 Å². The van der Waals surface area contributed by atoms with E-state index in [0.717, 1.165) is 16.5 Å². The summed E-state index contributed by atoms with van der Waals surface area (Å²) >= 11 is 11.2. The van der Waals surface area contributed by atoms with Gasteiger partial charge in [-0.15, -0.1) is 5.10 Å². The zero-order valence-electron chi connectivity index (χ0n) is 15.3. The van der Waals surface area contributed by atoms with Gasteiger partial charge in [0.15, 0.2) is 5.11 Å². The smallest absolute Gasteiger partial charge is 0.336 e. The van der Waals surface area contributed by atoms with E-state index in [9.17, 15) is 4.79 Å². The van der Waals surface area contributed by atoms with Crippen LogP contribution in [-0.4, -0.2) is 19.9 Å². The first-order valence-corrected chi connectivity index (χ1v) is 9.51. The van der Waals surface area contributed by atoms with Crippen molar-refractivity contribution in [1.82, 2.24) is 14.8 Å². The topological polar surface area (TPSA) is 85.0 Å². The molecular weight excluding hydrogens is 410 g/mol. The molecule has 4 rings (SSSR count). The third-order valence-corrected chi connectivity index (χ3v) is 4.68. The number of fused-ring (bicyclic) bond motifs is 1. The van der Waals surface area contributed by atoms with Gasteiger partial charge in [0, 0.05) is 28.2 Å². The molecule has 2 aromatic carbocycles. The third kappa shape index (κ3) is 4.61. The van der Waals surface area contributed by atoms with Crippen LogP contribution in [-0.2, 0) is 6.54 Å². The SMILES string of the molecule is Cc1cc(=O)oc2cc(NC(=S)Nc3ncn(Cc4ccc(Cl)cc4)n3)ccc12. The van der Waals surface area contributed by atoms with E-state index in [4.69, 9.17) is 28.2 Å². The van der Waals surface area contributed by atoms with E-state index in [1.807, 2.05) is 43.3 Å². The molecule has 0 fully saturated rings. The average molecular weight is 426 g/mol. The van der Waals surface area contributed by atoms with E-state index in [-0.39, 0.29) is 5.63 Å². The molecule has 9 heteroatoms. The van der Waals surface area contributed by atoms with Gasteiger partial charge in [0.25, 0.3) is 0 Å². The van der Waals surface area contributed by atoms with Gasteiger partial charge in [-0.05, 0) is 54.5 Å². The number of halogens is 1. The molecule has 2 heterocycles. The van der Waals surface area contributed by atoms with E-state index in [1.165, 1.54) is 6.07 Å². The molecule has 2 N–H and O–H groups in total. The van der Waals surface area contributed by atoms with Crippen molar-refractivity contribution >= 4 is 51.5 Å². The van der Waals surface area contributed by atoms with E-state index in [1.54, 1.807) is 17.1 Å². The van der Waals surface area contributed by atoms with Crippen LogP contribution in [0.3, 0.4) is 0 Å². The molecule has 7 nitrogen and oxygen atoms in total. The lowest BCUT2D eigenvalue weighted by molar-refractivity contribution is 0.560. The van der Waals surface area contributed by atoms with Crippen molar-refractivity contribution in [1.29, 1.82) is 0 Å². The largest absolute Gasteiger partial charge is 0.423 e. The highest BCUT2D eigenvalue weighted by Gasteiger charge is 2.07. The summed E-state index contributed by atoms with van der Waals surface area (Å²) in [6.07, 6.45) is 1.62. The van der Waals surface area contributed by atoms with Crippen LogP contribution in [0, 0.1) is 6.92 Å². The Morgan fingerprint density at radius 3 is 2.76 bits per heavy atom. The zero-order chi connectivity index (χ0) is 20.4. The van der Waals surface area contributed by atoms with Crippen molar-refractivity contribution in [2.75, 3.05) is 10.6 Å². The highest BCUT2D eigenvalue weighted by Crippen LogP contribution is 2.21. The first-order valence-electron chi connectivity index (χ1n) is 8.73. The number of anilines is 2. The van der Waals surface area contributed by atoms with Crippen LogP contribution in [0.4, 0.5) is 11.6 Å². The van der Waals surface area contributed by atoms with Gasteiger partial charge >= 0.3 is 5.63 Å². The fraction of sp³-hybridized carbons (Fsp3) is 0.100.